The molecule has 2 aromatic rings. The highest BCUT2D eigenvalue weighted by Crippen LogP contribution is 2.37. The maximum absolute atomic E-state index is 5.96. The molecule has 2 N–H and O–H groups in total. The van der Waals surface area contributed by atoms with Crippen LogP contribution in [-0.4, -0.2) is 6.26 Å². The first-order valence-corrected chi connectivity index (χ1v) is 6.21. The van der Waals surface area contributed by atoms with Gasteiger partial charge >= 0.3 is 0 Å². The van der Waals surface area contributed by atoms with E-state index >= 15 is 0 Å². The van der Waals surface area contributed by atoms with Gasteiger partial charge in [-0.25, -0.2) is 0 Å². The van der Waals surface area contributed by atoms with Gasteiger partial charge in [-0.1, -0.05) is 11.6 Å². The van der Waals surface area contributed by atoms with E-state index in [-0.39, 0.29) is 0 Å². The predicted molar refractivity (Wildman–Crippen MR) is 63.0 cm³/mol. The van der Waals surface area contributed by atoms with Crippen molar-refractivity contribution in [3.05, 3.63) is 22.5 Å². The number of thioether (sulfide) groups is 1. The fourth-order valence-corrected chi connectivity index (χ4v) is 3.28. The van der Waals surface area contributed by atoms with Crippen LogP contribution in [0.3, 0.4) is 0 Å². The summed E-state index contributed by atoms with van der Waals surface area (Å²) in [6, 6.07) is 3.91. The monoisotopic (exact) mass is 229 g/mol. The lowest BCUT2D eigenvalue weighted by molar-refractivity contribution is 1.57. The van der Waals surface area contributed by atoms with E-state index in [1.807, 2.05) is 23.8 Å². The Bertz CT molecular complexity index is 450. The minimum Gasteiger partial charge on any atom is -0.398 e. The molecule has 0 unspecified atom stereocenters. The molecular formula is C9H8ClNS2. The van der Waals surface area contributed by atoms with Crippen molar-refractivity contribution in [3.8, 4) is 0 Å². The molecule has 0 aliphatic carbocycles. The van der Waals surface area contributed by atoms with Gasteiger partial charge in [0.05, 0.1) is 5.69 Å². The quantitative estimate of drug-likeness (QED) is 0.752. The van der Waals surface area contributed by atoms with Crippen LogP contribution in [0.15, 0.2) is 22.4 Å². The van der Waals surface area contributed by atoms with Crippen molar-refractivity contribution in [2.75, 3.05) is 12.0 Å². The van der Waals surface area contributed by atoms with Crippen LogP contribution in [0.2, 0.25) is 5.02 Å². The van der Waals surface area contributed by atoms with Crippen molar-refractivity contribution in [1.29, 1.82) is 0 Å². The van der Waals surface area contributed by atoms with Gasteiger partial charge in [0.15, 0.2) is 0 Å². The summed E-state index contributed by atoms with van der Waals surface area (Å²) >= 11 is 9.27. The molecule has 0 aliphatic heterocycles. The Kier molecular flexibility index (Phi) is 2.41. The molecule has 1 aromatic heterocycles. The van der Waals surface area contributed by atoms with E-state index in [0.29, 0.717) is 0 Å². The molecule has 0 spiro atoms. The third-order valence-corrected chi connectivity index (χ3v) is 3.78. The second-order valence-corrected chi connectivity index (χ2v) is 4.87. The first-order valence-electron chi connectivity index (χ1n) is 3.72. The summed E-state index contributed by atoms with van der Waals surface area (Å²) < 4.78 is 1.16. The third-order valence-electron chi connectivity index (χ3n) is 1.85. The number of rotatable bonds is 1. The largest absolute Gasteiger partial charge is 0.398 e. The van der Waals surface area contributed by atoms with Gasteiger partial charge in [-0.15, -0.1) is 23.1 Å². The van der Waals surface area contributed by atoms with Gasteiger partial charge in [-0.05, 0) is 18.4 Å². The molecule has 2 rings (SSSR count). The molecule has 0 atom stereocenters. The number of thiophene rings is 1. The van der Waals surface area contributed by atoms with Crippen LogP contribution in [0.1, 0.15) is 0 Å². The number of benzene rings is 1. The highest BCUT2D eigenvalue weighted by Gasteiger charge is 2.07. The van der Waals surface area contributed by atoms with Gasteiger partial charge < -0.3 is 5.73 Å². The van der Waals surface area contributed by atoms with Crippen LogP contribution >= 0.6 is 34.7 Å². The standard InChI is InChI=1S/C9H8ClNS2/c1-12-7-2-5(10)3-8-9(7)6(11)4-13-8/h2-4H,11H2,1H3. The summed E-state index contributed by atoms with van der Waals surface area (Å²) in [4.78, 5) is 1.15. The zero-order chi connectivity index (χ0) is 9.42. The van der Waals surface area contributed by atoms with E-state index in [4.69, 9.17) is 17.3 Å². The van der Waals surface area contributed by atoms with Crippen LogP contribution in [-0.2, 0) is 0 Å². The maximum Gasteiger partial charge on any atom is 0.0514 e. The first-order chi connectivity index (χ1) is 6.22. The van der Waals surface area contributed by atoms with Crippen LogP contribution in [0.5, 0.6) is 0 Å². The van der Waals surface area contributed by atoms with Crippen LogP contribution in [0, 0.1) is 0 Å². The van der Waals surface area contributed by atoms with E-state index < -0.39 is 0 Å². The fourth-order valence-electron chi connectivity index (χ4n) is 1.28. The Morgan fingerprint density at radius 1 is 1.46 bits per heavy atom. The SMILES string of the molecule is CSc1cc(Cl)cc2scc(N)c12. The average Bonchev–Trinajstić information content (AvgIpc) is 2.46. The molecule has 13 heavy (non-hydrogen) atoms. The van der Waals surface area contributed by atoms with E-state index in [2.05, 4.69) is 0 Å². The molecule has 68 valence electrons. The summed E-state index contributed by atoms with van der Waals surface area (Å²) in [6.07, 6.45) is 2.03. The summed E-state index contributed by atoms with van der Waals surface area (Å²) in [5.41, 5.74) is 6.70. The molecule has 0 saturated heterocycles. The second kappa shape index (κ2) is 3.40. The molecule has 0 fully saturated rings. The normalized spacial score (nSPS) is 10.9. The number of nitrogen functional groups attached to an aromatic ring is 1. The van der Waals surface area contributed by atoms with Crippen molar-refractivity contribution >= 4 is 50.5 Å². The van der Waals surface area contributed by atoms with Crippen LogP contribution in [0.25, 0.3) is 10.1 Å². The number of nitrogens with two attached hydrogens (primary N) is 1. The van der Waals surface area contributed by atoms with Gasteiger partial charge in [0.25, 0.3) is 0 Å². The lowest BCUT2D eigenvalue weighted by atomic mass is 10.2. The molecule has 0 saturated carbocycles. The predicted octanol–water partition coefficient (Wildman–Crippen LogP) is 3.86. The zero-order valence-electron chi connectivity index (χ0n) is 7.00. The van der Waals surface area contributed by atoms with Gasteiger partial charge in [0.1, 0.15) is 0 Å². The number of anilines is 1. The smallest absolute Gasteiger partial charge is 0.0514 e. The Morgan fingerprint density at radius 2 is 2.23 bits per heavy atom. The molecule has 1 heterocycles. The highest BCUT2D eigenvalue weighted by atomic mass is 35.5. The second-order valence-electron chi connectivity index (χ2n) is 2.67. The molecular weight excluding hydrogens is 222 g/mol. The molecule has 1 nitrogen and oxygen atoms in total. The Morgan fingerprint density at radius 3 is 2.92 bits per heavy atom. The van der Waals surface area contributed by atoms with Crippen molar-refractivity contribution < 1.29 is 0 Å². The van der Waals surface area contributed by atoms with E-state index in [9.17, 15) is 0 Å². The van der Waals surface area contributed by atoms with E-state index in [0.717, 1.165) is 25.7 Å². The number of hydrogen-bond acceptors (Lipinski definition) is 3. The zero-order valence-corrected chi connectivity index (χ0v) is 9.39. The van der Waals surface area contributed by atoms with Crippen molar-refractivity contribution in [2.45, 2.75) is 4.90 Å². The van der Waals surface area contributed by atoms with E-state index in [1.54, 1.807) is 23.1 Å². The average molecular weight is 230 g/mol. The molecule has 0 radical (unpaired) electrons. The van der Waals surface area contributed by atoms with Crippen molar-refractivity contribution in [3.63, 3.8) is 0 Å². The summed E-state index contributed by atoms with van der Waals surface area (Å²) in [5.74, 6) is 0. The van der Waals surface area contributed by atoms with Crippen LogP contribution < -0.4 is 5.73 Å². The molecule has 4 heteroatoms. The van der Waals surface area contributed by atoms with Gasteiger partial charge in [-0.2, -0.15) is 0 Å². The Balaban J connectivity index is 2.85. The van der Waals surface area contributed by atoms with Gasteiger partial charge in [0, 0.05) is 25.4 Å². The number of hydrogen-bond donors (Lipinski definition) is 1. The van der Waals surface area contributed by atoms with Crippen molar-refractivity contribution in [2.24, 2.45) is 0 Å². The number of halogens is 1. The highest BCUT2D eigenvalue weighted by molar-refractivity contribution is 7.98. The van der Waals surface area contributed by atoms with Crippen LogP contribution in [0.4, 0.5) is 5.69 Å². The summed E-state index contributed by atoms with van der Waals surface area (Å²) in [7, 11) is 0. The van der Waals surface area contributed by atoms with Gasteiger partial charge in [0.2, 0.25) is 0 Å². The summed E-state index contributed by atoms with van der Waals surface area (Å²) in [5, 5.41) is 3.88. The molecule has 0 bridgehead atoms. The Hall–Kier alpha value is -0.380. The summed E-state index contributed by atoms with van der Waals surface area (Å²) in [6.45, 7) is 0. The van der Waals surface area contributed by atoms with E-state index in [1.165, 1.54) is 0 Å². The molecule has 0 amide bonds. The lowest BCUT2D eigenvalue weighted by Gasteiger charge is -2.01. The fraction of sp³-hybridized carbons (Fsp3) is 0.111. The Labute approximate surface area is 89.9 Å². The molecule has 1 aromatic carbocycles. The maximum atomic E-state index is 5.96. The molecule has 0 aliphatic rings. The van der Waals surface area contributed by atoms with Gasteiger partial charge in [-0.3, -0.25) is 0 Å². The minimum atomic E-state index is 0.777. The topological polar surface area (TPSA) is 26.0 Å². The minimum absolute atomic E-state index is 0.777. The number of fused-ring (bicyclic) bond motifs is 1. The lowest BCUT2D eigenvalue weighted by Crippen LogP contribution is -1.82. The third kappa shape index (κ3) is 1.52. The first kappa shape index (κ1) is 9.19. The van der Waals surface area contributed by atoms with Crippen molar-refractivity contribution in [1.82, 2.24) is 0 Å².